The van der Waals surface area contributed by atoms with Gasteiger partial charge in [0.1, 0.15) is 23.8 Å². The molecule has 1 aromatic heterocycles. The number of aliphatic hydroxyl groups excluding tert-OH is 2. The van der Waals surface area contributed by atoms with Crippen LogP contribution in [0.25, 0.3) is 0 Å². The number of halogens is 2. The van der Waals surface area contributed by atoms with E-state index in [1.165, 1.54) is 12.4 Å². The topological polar surface area (TPSA) is 141 Å². The number of carbonyl (C=O) groups is 3. The van der Waals surface area contributed by atoms with Gasteiger partial charge in [0.2, 0.25) is 11.8 Å². The van der Waals surface area contributed by atoms with Crippen LogP contribution in [-0.4, -0.2) is 57.2 Å². The Bertz CT molecular complexity index is 1470. The number of amides is 3. The molecule has 1 unspecified atom stereocenters. The monoisotopic (exact) mass is 694 g/mol. The fraction of sp³-hybridized carbons (Fsp3) is 0.487. The summed E-state index contributed by atoms with van der Waals surface area (Å²) in [6.45, 7) is 7.84. The summed E-state index contributed by atoms with van der Waals surface area (Å²) in [5.74, 6) is -4.55. The van der Waals surface area contributed by atoms with Crippen molar-refractivity contribution in [2.24, 2.45) is 17.8 Å². The summed E-state index contributed by atoms with van der Waals surface area (Å²) >= 11 is 0. The molecule has 0 spiro atoms. The molecule has 3 amide bonds. The minimum Gasteiger partial charge on any atom is -0.390 e. The van der Waals surface area contributed by atoms with E-state index in [4.69, 9.17) is 0 Å². The van der Waals surface area contributed by atoms with E-state index in [9.17, 15) is 33.4 Å². The summed E-state index contributed by atoms with van der Waals surface area (Å²) in [5.41, 5.74) is 1.22. The molecule has 5 N–H and O–H groups in total. The Hall–Kier alpha value is -4.22. The molecule has 2 aromatic carbocycles. The fourth-order valence-electron chi connectivity index (χ4n) is 6.39. The van der Waals surface area contributed by atoms with Gasteiger partial charge in [0.15, 0.2) is 0 Å². The Morgan fingerprint density at radius 2 is 1.44 bits per heavy atom. The third-order valence-corrected chi connectivity index (χ3v) is 8.97. The summed E-state index contributed by atoms with van der Waals surface area (Å²) in [6.07, 6.45) is 4.03. The Kier molecular flexibility index (Phi) is 16.4. The van der Waals surface area contributed by atoms with Crippen molar-refractivity contribution in [3.63, 3.8) is 0 Å². The van der Waals surface area contributed by atoms with E-state index in [1.807, 2.05) is 30.3 Å². The molecule has 0 radical (unpaired) electrons. The molecule has 0 saturated carbocycles. The molecular weight excluding hydrogens is 642 g/mol. The molecule has 272 valence electrons. The second-order valence-corrected chi connectivity index (χ2v) is 13.3. The molecule has 1 heterocycles. The standard InChI is InChI=1S/C39H52F2N4O5/c1-5-11-26(12-6-2)16-17-32(44-37(48)29-15-10-18-42-24-29)38(49)45-33(21-28-19-30(40)22-31(41)20-28)35(46)36(47)34(25(3)4)39(50)43-23-27-13-8-7-9-14-27/h7-10,13-15,18-20,22,24-26,32-36,46-47H,5-6,11-12,16-17,21,23H2,1-4H3,(H,43,50)(H,44,48)(H,45,49)/t32?,33-,34+,35+,36+/m0/s1. The van der Waals surface area contributed by atoms with Gasteiger partial charge in [-0.1, -0.05) is 83.7 Å². The lowest BCUT2D eigenvalue weighted by Crippen LogP contribution is -2.58. The minimum atomic E-state index is -1.73. The molecule has 50 heavy (non-hydrogen) atoms. The van der Waals surface area contributed by atoms with Crippen molar-refractivity contribution in [3.05, 3.63) is 101 Å². The van der Waals surface area contributed by atoms with Crippen LogP contribution >= 0.6 is 0 Å². The zero-order valence-electron chi connectivity index (χ0n) is 29.4. The first-order valence-electron chi connectivity index (χ1n) is 17.6. The van der Waals surface area contributed by atoms with Crippen LogP contribution in [0.2, 0.25) is 0 Å². The number of pyridine rings is 1. The van der Waals surface area contributed by atoms with Gasteiger partial charge in [-0.25, -0.2) is 8.78 Å². The number of hydrogen-bond acceptors (Lipinski definition) is 6. The van der Waals surface area contributed by atoms with Crippen LogP contribution < -0.4 is 16.0 Å². The van der Waals surface area contributed by atoms with Gasteiger partial charge in [-0.05, 0) is 66.5 Å². The molecular formula is C39H52F2N4O5. The summed E-state index contributed by atoms with van der Waals surface area (Å²) in [5, 5.41) is 31.6. The molecule has 9 nitrogen and oxygen atoms in total. The maximum atomic E-state index is 14.3. The predicted octanol–water partition coefficient (Wildman–Crippen LogP) is 5.49. The summed E-state index contributed by atoms with van der Waals surface area (Å²) < 4.78 is 28.5. The van der Waals surface area contributed by atoms with Crippen LogP contribution in [0.5, 0.6) is 0 Å². The average molecular weight is 695 g/mol. The van der Waals surface area contributed by atoms with E-state index >= 15 is 0 Å². The molecule has 0 saturated heterocycles. The van der Waals surface area contributed by atoms with E-state index in [1.54, 1.807) is 26.0 Å². The largest absolute Gasteiger partial charge is 0.390 e. The molecule has 11 heteroatoms. The first-order valence-corrected chi connectivity index (χ1v) is 17.6. The van der Waals surface area contributed by atoms with Crippen LogP contribution in [0.15, 0.2) is 73.1 Å². The second-order valence-electron chi connectivity index (χ2n) is 13.3. The lowest BCUT2D eigenvalue weighted by molar-refractivity contribution is -0.136. The van der Waals surface area contributed by atoms with Crippen LogP contribution in [-0.2, 0) is 22.6 Å². The maximum absolute atomic E-state index is 14.3. The number of aromatic nitrogens is 1. The van der Waals surface area contributed by atoms with E-state index in [2.05, 4.69) is 34.8 Å². The Morgan fingerprint density at radius 3 is 2.02 bits per heavy atom. The van der Waals surface area contributed by atoms with Crippen LogP contribution in [0, 0.1) is 29.4 Å². The van der Waals surface area contributed by atoms with E-state index in [0.29, 0.717) is 24.8 Å². The normalized spacial score (nSPS) is 14.4. The number of hydrogen-bond donors (Lipinski definition) is 5. The molecule has 5 atom stereocenters. The molecule has 3 rings (SSSR count). The number of nitrogens with one attached hydrogen (secondary N) is 3. The van der Waals surface area contributed by atoms with Crippen molar-refractivity contribution in [2.45, 2.75) is 103 Å². The highest BCUT2D eigenvalue weighted by Crippen LogP contribution is 2.24. The van der Waals surface area contributed by atoms with Crippen LogP contribution in [0.4, 0.5) is 8.78 Å². The lowest BCUT2D eigenvalue weighted by atomic mass is 9.83. The maximum Gasteiger partial charge on any atom is 0.253 e. The van der Waals surface area contributed by atoms with Crippen molar-refractivity contribution in [1.82, 2.24) is 20.9 Å². The van der Waals surface area contributed by atoms with Crippen LogP contribution in [0.3, 0.4) is 0 Å². The van der Waals surface area contributed by atoms with Gasteiger partial charge in [0.25, 0.3) is 5.91 Å². The van der Waals surface area contributed by atoms with Gasteiger partial charge in [-0.3, -0.25) is 19.4 Å². The Balaban J connectivity index is 1.91. The van der Waals surface area contributed by atoms with E-state index < -0.39 is 65.5 Å². The van der Waals surface area contributed by atoms with E-state index in [-0.39, 0.29) is 24.1 Å². The summed E-state index contributed by atoms with van der Waals surface area (Å²) in [7, 11) is 0. The molecule has 0 bridgehead atoms. The van der Waals surface area contributed by atoms with Crippen molar-refractivity contribution >= 4 is 17.7 Å². The quantitative estimate of drug-likeness (QED) is 0.106. The van der Waals surface area contributed by atoms with Gasteiger partial charge >= 0.3 is 0 Å². The average Bonchev–Trinajstić information content (AvgIpc) is 3.08. The SMILES string of the molecule is CCCC(CCC)CCC(NC(=O)c1cccnc1)C(=O)N[C@@H](Cc1cc(F)cc(F)c1)[C@@H](O)[C@H](O)[C@H](C(=O)NCc1ccccc1)C(C)C. The van der Waals surface area contributed by atoms with Gasteiger partial charge < -0.3 is 26.2 Å². The third-order valence-electron chi connectivity index (χ3n) is 8.97. The minimum absolute atomic E-state index is 0.121. The van der Waals surface area contributed by atoms with Crippen molar-refractivity contribution in [1.29, 1.82) is 0 Å². The number of benzene rings is 2. The number of rotatable bonds is 20. The second kappa shape index (κ2) is 20.5. The fourth-order valence-corrected chi connectivity index (χ4v) is 6.39. The van der Waals surface area contributed by atoms with Crippen LogP contribution in [0.1, 0.15) is 87.7 Å². The number of nitrogens with zero attached hydrogens (tertiary/aromatic N) is 1. The summed E-state index contributed by atoms with van der Waals surface area (Å²) in [6, 6.07) is 12.9. The molecule has 0 fully saturated rings. The molecule has 0 aliphatic carbocycles. The van der Waals surface area contributed by atoms with Gasteiger partial charge in [-0.2, -0.15) is 0 Å². The first kappa shape index (κ1) is 40.2. The van der Waals surface area contributed by atoms with Crippen molar-refractivity contribution in [2.75, 3.05) is 0 Å². The highest BCUT2D eigenvalue weighted by atomic mass is 19.1. The zero-order valence-corrected chi connectivity index (χ0v) is 29.4. The molecule has 0 aliphatic rings. The third kappa shape index (κ3) is 12.6. The number of carbonyl (C=O) groups excluding carboxylic acids is 3. The Labute approximate surface area is 294 Å². The van der Waals surface area contributed by atoms with Gasteiger partial charge in [0, 0.05) is 25.0 Å². The molecule has 0 aliphatic heterocycles. The zero-order chi connectivity index (χ0) is 36.6. The number of aliphatic hydroxyl groups is 2. The lowest BCUT2D eigenvalue weighted by Gasteiger charge is -2.34. The smallest absolute Gasteiger partial charge is 0.253 e. The van der Waals surface area contributed by atoms with Gasteiger partial charge in [0.05, 0.1) is 23.6 Å². The van der Waals surface area contributed by atoms with Crippen molar-refractivity contribution < 1.29 is 33.4 Å². The highest BCUT2D eigenvalue weighted by molar-refractivity contribution is 5.97. The van der Waals surface area contributed by atoms with Gasteiger partial charge in [-0.15, -0.1) is 0 Å². The summed E-state index contributed by atoms with van der Waals surface area (Å²) in [4.78, 5) is 44.6. The predicted molar refractivity (Wildman–Crippen MR) is 189 cm³/mol. The highest BCUT2D eigenvalue weighted by Gasteiger charge is 2.39. The Morgan fingerprint density at radius 1 is 0.780 bits per heavy atom. The van der Waals surface area contributed by atoms with Crippen molar-refractivity contribution in [3.8, 4) is 0 Å². The first-order chi connectivity index (χ1) is 23.9. The molecule has 3 aromatic rings. The van der Waals surface area contributed by atoms with E-state index in [0.717, 1.165) is 43.4 Å².